The molecular formula is C8H9O2. The first kappa shape index (κ1) is 7.22. The third kappa shape index (κ3) is 2.15. The van der Waals surface area contributed by atoms with Gasteiger partial charge in [-0.3, -0.25) is 4.79 Å². The van der Waals surface area contributed by atoms with Crippen LogP contribution in [0.5, 0.6) is 0 Å². The summed E-state index contributed by atoms with van der Waals surface area (Å²) in [6.07, 6.45) is 10.4. The topological polar surface area (TPSA) is 26.3 Å². The maximum atomic E-state index is 9.76. The monoisotopic (exact) mass is 137 g/mol. The van der Waals surface area contributed by atoms with Crippen LogP contribution in [0.1, 0.15) is 6.42 Å². The van der Waals surface area contributed by atoms with Crippen LogP contribution < -0.4 is 0 Å². The van der Waals surface area contributed by atoms with Crippen LogP contribution in [0.15, 0.2) is 24.3 Å². The lowest BCUT2D eigenvalue weighted by atomic mass is 10.1. The van der Waals surface area contributed by atoms with E-state index in [0.717, 1.165) is 6.42 Å². The third-order valence-electron chi connectivity index (χ3n) is 1.30. The maximum Gasteiger partial charge on any atom is 0.226 e. The molecule has 0 saturated carbocycles. The molecule has 0 aromatic heterocycles. The second kappa shape index (κ2) is 4.01. The highest BCUT2D eigenvalue weighted by Crippen LogP contribution is 2.05. The molecule has 1 aliphatic rings. The lowest BCUT2D eigenvalue weighted by Gasteiger charge is -2.10. The van der Waals surface area contributed by atoms with Crippen LogP contribution in [0.3, 0.4) is 0 Å². The van der Waals surface area contributed by atoms with Crippen molar-refractivity contribution in [2.75, 3.05) is 6.61 Å². The minimum atomic E-state index is 0.0723. The Kier molecular flexibility index (Phi) is 2.90. The first-order chi connectivity index (χ1) is 4.93. The molecule has 0 heterocycles. The van der Waals surface area contributed by atoms with E-state index < -0.39 is 0 Å². The number of carbonyl (C=O) groups excluding carboxylic acids is 1. The summed E-state index contributed by atoms with van der Waals surface area (Å²) in [7, 11) is 0. The third-order valence-corrected chi connectivity index (χ3v) is 1.30. The Balaban J connectivity index is 2.23. The van der Waals surface area contributed by atoms with Crippen molar-refractivity contribution in [1.29, 1.82) is 0 Å². The van der Waals surface area contributed by atoms with Crippen LogP contribution in [0.2, 0.25) is 0 Å². The van der Waals surface area contributed by atoms with Crippen LogP contribution in [-0.2, 0) is 9.53 Å². The molecule has 0 aromatic carbocycles. The molecule has 0 spiro atoms. The van der Waals surface area contributed by atoms with Gasteiger partial charge in [0.1, 0.15) is 6.61 Å². The smallest absolute Gasteiger partial charge is 0.226 e. The van der Waals surface area contributed by atoms with E-state index in [1.165, 1.54) is 0 Å². The van der Waals surface area contributed by atoms with Gasteiger partial charge in [0.25, 0.3) is 0 Å². The lowest BCUT2D eigenvalue weighted by molar-refractivity contribution is 0.117. The van der Waals surface area contributed by atoms with Crippen LogP contribution in [0, 0.1) is 0 Å². The second-order valence-electron chi connectivity index (χ2n) is 2.04. The largest absolute Gasteiger partial charge is 0.366 e. The minimum absolute atomic E-state index is 0.0723. The molecule has 1 unspecified atom stereocenters. The van der Waals surface area contributed by atoms with Gasteiger partial charge in [0.2, 0.25) is 6.29 Å². The molecule has 0 aliphatic heterocycles. The molecule has 10 heavy (non-hydrogen) atoms. The van der Waals surface area contributed by atoms with Crippen LogP contribution >= 0.6 is 0 Å². The molecule has 0 bridgehead atoms. The number of rotatable bonds is 3. The fraction of sp³-hybridized carbons (Fsp3) is 0.375. The summed E-state index contributed by atoms with van der Waals surface area (Å²) in [5, 5.41) is 0. The maximum absolute atomic E-state index is 9.76. The molecule has 0 aromatic rings. The summed E-state index contributed by atoms with van der Waals surface area (Å²) in [4.78, 5) is 9.76. The predicted octanol–water partition coefficient (Wildman–Crippen LogP) is 0.997. The molecule has 1 aliphatic carbocycles. The van der Waals surface area contributed by atoms with Crippen molar-refractivity contribution in [2.24, 2.45) is 0 Å². The molecule has 1 rings (SSSR count). The van der Waals surface area contributed by atoms with Crippen LogP contribution in [0.25, 0.3) is 0 Å². The highest BCUT2D eigenvalue weighted by Gasteiger charge is 2.03. The number of hydrogen-bond donors (Lipinski definition) is 0. The fourth-order valence-electron chi connectivity index (χ4n) is 0.823. The van der Waals surface area contributed by atoms with Gasteiger partial charge in [-0.15, -0.1) is 0 Å². The number of hydrogen-bond acceptors (Lipinski definition) is 2. The van der Waals surface area contributed by atoms with Crippen LogP contribution in [0.4, 0.5) is 0 Å². The second-order valence-corrected chi connectivity index (χ2v) is 2.04. The van der Waals surface area contributed by atoms with E-state index in [2.05, 4.69) is 0 Å². The zero-order chi connectivity index (χ0) is 7.23. The van der Waals surface area contributed by atoms with Crippen molar-refractivity contribution >= 4 is 6.29 Å². The Hall–Kier alpha value is -0.890. The van der Waals surface area contributed by atoms with Crippen molar-refractivity contribution in [3.8, 4) is 0 Å². The molecule has 1 radical (unpaired) electrons. The van der Waals surface area contributed by atoms with Gasteiger partial charge in [-0.1, -0.05) is 24.3 Å². The van der Waals surface area contributed by atoms with Crippen molar-refractivity contribution in [2.45, 2.75) is 12.5 Å². The summed E-state index contributed by atoms with van der Waals surface area (Å²) in [5.41, 5.74) is 0. The Bertz CT molecular complexity index is 159. The van der Waals surface area contributed by atoms with Gasteiger partial charge in [0.15, 0.2) is 0 Å². The first-order valence-electron chi connectivity index (χ1n) is 3.23. The SMILES string of the molecule is O=[C]COC1C=CC=CC1. The molecule has 2 nitrogen and oxygen atoms in total. The van der Waals surface area contributed by atoms with Gasteiger partial charge in [0, 0.05) is 0 Å². The molecule has 0 fully saturated rings. The van der Waals surface area contributed by atoms with E-state index in [4.69, 9.17) is 4.74 Å². The van der Waals surface area contributed by atoms with Gasteiger partial charge in [0.05, 0.1) is 6.10 Å². The van der Waals surface area contributed by atoms with Crippen molar-refractivity contribution in [1.82, 2.24) is 0 Å². The van der Waals surface area contributed by atoms with Crippen LogP contribution in [-0.4, -0.2) is 19.0 Å². The minimum Gasteiger partial charge on any atom is -0.366 e. The van der Waals surface area contributed by atoms with E-state index in [-0.39, 0.29) is 12.7 Å². The Morgan fingerprint density at radius 2 is 2.50 bits per heavy atom. The fourth-order valence-corrected chi connectivity index (χ4v) is 0.823. The Morgan fingerprint density at radius 3 is 3.10 bits per heavy atom. The van der Waals surface area contributed by atoms with E-state index in [0.29, 0.717) is 0 Å². The Morgan fingerprint density at radius 1 is 1.60 bits per heavy atom. The van der Waals surface area contributed by atoms with E-state index in [1.807, 2.05) is 24.3 Å². The van der Waals surface area contributed by atoms with E-state index in [1.54, 1.807) is 6.29 Å². The zero-order valence-corrected chi connectivity index (χ0v) is 5.62. The summed E-state index contributed by atoms with van der Waals surface area (Å²) in [5.74, 6) is 0. The highest BCUT2D eigenvalue weighted by atomic mass is 16.5. The van der Waals surface area contributed by atoms with Crippen molar-refractivity contribution in [3.63, 3.8) is 0 Å². The molecule has 0 N–H and O–H groups in total. The Labute approximate surface area is 60.2 Å². The summed E-state index contributed by atoms with van der Waals surface area (Å²) in [6, 6.07) is 0. The summed E-state index contributed by atoms with van der Waals surface area (Å²) in [6.45, 7) is 0.0723. The average Bonchev–Trinajstić information content (AvgIpc) is 2.03. The summed E-state index contributed by atoms with van der Waals surface area (Å²) < 4.78 is 5.07. The standard InChI is InChI=1S/C8H9O2/c9-6-7-10-8-4-2-1-3-5-8/h1-4,8H,5,7H2. The first-order valence-corrected chi connectivity index (χ1v) is 3.23. The predicted molar refractivity (Wildman–Crippen MR) is 38.3 cm³/mol. The molecule has 0 amide bonds. The number of ether oxygens (including phenoxy) is 1. The average molecular weight is 137 g/mol. The van der Waals surface area contributed by atoms with Crippen molar-refractivity contribution < 1.29 is 9.53 Å². The highest BCUT2D eigenvalue weighted by molar-refractivity contribution is 5.51. The summed E-state index contributed by atoms with van der Waals surface area (Å²) >= 11 is 0. The molecule has 1 atom stereocenters. The van der Waals surface area contributed by atoms with E-state index in [9.17, 15) is 4.79 Å². The van der Waals surface area contributed by atoms with E-state index >= 15 is 0 Å². The molecule has 53 valence electrons. The normalized spacial score (nSPS) is 23.0. The van der Waals surface area contributed by atoms with Crippen molar-refractivity contribution in [3.05, 3.63) is 24.3 Å². The van der Waals surface area contributed by atoms with Gasteiger partial charge in [-0.05, 0) is 6.42 Å². The number of allylic oxidation sites excluding steroid dienone is 2. The van der Waals surface area contributed by atoms with Gasteiger partial charge in [-0.2, -0.15) is 0 Å². The molecule has 0 saturated heterocycles. The van der Waals surface area contributed by atoms with Gasteiger partial charge >= 0.3 is 0 Å². The van der Waals surface area contributed by atoms with Gasteiger partial charge < -0.3 is 4.74 Å². The lowest BCUT2D eigenvalue weighted by Crippen LogP contribution is -2.11. The molecule has 2 heteroatoms. The quantitative estimate of drug-likeness (QED) is 0.580. The zero-order valence-electron chi connectivity index (χ0n) is 5.62. The molecular weight excluding hydrogens is 128 g/mol. The van der Waals surface area contributed by atoms with Gasteiger partial charge in [-0.25, -0.2) is 0 Å².